The van der Waals surface area contributed by atoms with E-state index in [2.05, 4.69) is 20.5 Å². The number of carbonyl (C=O) groups excluding carboxylic acids is 1. The van der Waals surface area contributed by atoms with Crippen LogP contribution in [0.4, 0.5) is 14.5 Å². The van der Waals surface area contributed by atoms with Gasteiger partial charge in [0.1, 0.15) is 11.6 Å². The fourth-order valence-corrected chi connectivity index (χ4v) is 6.51. The molecule has 1 aromatic heterocycles. The minimum absolute atomic E-state index is 0.0950. The largest absolute Gasteiger partial charge is 0.333 e. The van der Waals surface area contributed by atoms with Crippen molar-refractivity contribution in [1.82, 2.24) is 14.8 Å². The molecule has 0 bridgehead atoms. The van der Waals surface area contributed by atoms with Crippen LogP contribution in [0.5, 0.6) is 0 Å². The van der Waals surface area contributed by atoms with Gasteiger partial charge in [0.15, 0.2) is 0 Å². The van der Waals surface area contributed by atoms with Gasteiger partial charge in [0.05, 0.1) is 20.1 Å². The molecule has 1 fully saturated rings. The monoisotopic (exact) mass is 548 g/mol. The first-order valence-electron chi connectivity index (χ1n) is 12.7. The van der Waals surface area contributed by atoms with Crippen LogP contribution in [0.15, 0.2) is 83.9 Å². The lowest BCUT2D eigenvalue weighted by atomic mass is 10.0. The summed E-state index contributed by atoms with van der Waals surface area (Å²) in [5.41, 5.74) is 2.30. The van der Waals surface area contributed by atoms with E-state index in [9.17, 15) is 17.8 Å². The minimum atomic E-state index is -2.91. The number of aromatic nitrogens is 1. The smallest absolute Gasteiger partial charge is 0.254 e. The highest BCUT2D eigenvalue weighted by Crippen LogP contribution is 2.27. The van der Waals surface area contributed by atoms with E-state index in [1.54, 1.807) is 36.5 Å². The number of para-hydroxylation sites is 1. The van der Waals surface area contributed by atoms with E-state index in [4.69, 9.17) is 0 Å². The van der Waals surface area contributed by atoms with E-state index in [0.717, 1.165) is 11.5 Å². The van der Waals surface area contributed by atoms with E-state index in [0.29, 0.717) is 46.9 Å². The van der Waals surface area contributed by atoms with Crippen molar-refractivity contribution in [2.75, 3.05) is 24.4 Å². The Hall–Kier alpha value is -3.82. The number of amides is 1. The van der Waals surface area contributed by atoms with Gasteiger partial charge in [-0.2, -0.15) is 0 Å². The summed E-state index contributed by atoms with van der Waals surface area (Å²) in [6.45, 7) is 5.53. The molecule has 9 heteroatoms. The van der Waals surface area contributed by atoms with Gasteiger partial charge in [-0.15, -0.1) is 0 Å². The molecule has 0 radical (unpaired) electrons. The van der Waals surface area contributed by atoms with E-state index < -0.39 is 21.3 Å². The molecule has 2 unspecified atom stereocenters. The van der Waals surface area contributed by atoms with E-state index >= 15 is 0 Å². The summed E-state index contributed by atoms with van der Waals surface area (Å²) in [6, 6.07) is 19.4. The second kappa shape index (κ2) is 10.7. The highest BCUT2D eigenvalue weighted by Gasteiger charge is 2.31. The van der Waals surface area contributed by atoms with Crippen LogP contribution in [0.25, 0.3) is 10.9 Å². The normalized spacial score (nSPS) is 18.5. The summed E-state index contributed by atoms with van der Waals surface area (Å²) < 4.78 is 44.0. The van der Waals surface area contributed by atoms with Crippen LogP contribution in [-0.4, -0.2) is 56.4 Å². The van der Waals surface area contributed by atoms with Crippen LogP contribution in [0.3, 0.4) is 0 Å². The molecule has 2 heterocycles. The SMILES string of the molecule is C=S(=O)(Nc1ccc(C(=O)N2CCN(C(C)c3cc(F)cc(F)c3)C[C@@H]2C)cc1)c1cccc2cccnc12. The summed E-state index contributed by atoms with van der Waals surface area (Å²) in [5, 5.41) is 0.876. The maximum Gasteiger partial charge on any atom is 0.254 e. The van der Waals surface area contributed by atoms with Gasteiger partial charge in [0, 0.05) is 60.6 Å². The van der Waals surface area contributed by atoms with Crippen molar-refractivity contribution in [2.45, 2.75) is 30.8 Å². The fourth-order valence-electron chi connectivity index (χ4n) is 5.10. The van der Waals surface area contributed by atoms with Gasteiger partial charge < -0.3 is 9.62 Å². The molecule has 3 atom stereocenters. The van der Waals surface area contributed by atoms with Crippen LogP contribution in [0, 0.1) is 11.6 Å². The highest BCUT2D eigenvalue weighted by molar-refractivity contribution is 8.01. The predicted molar refractivity (Wildman–Crippen MR) is 152 cm³/mol. The van der Waals surface area contributed by atoms with Gasteiger partial charge >= 0.3 is 0 Å². The Morgan fingerprint density at radius 2 is 1.74 bits per heavy atom. The van der Waals surface area contributed by atoms with Crippen molar-refractivity contribution < 1.29 is 17.8 Å². The van der Waals surface area contributed by atoms with Crippen LogP contribution < -0.4 is 4.72 Å². The molecule has 1 aliphatic heterocycles. The number of hydrogen-bond donors (Lipinski definition) is 1. The molecule has 4 aromatic rings. The van der Waals surface area contributed by atoms with Gasteiger partial charge in [-0.05, 0) is 73.8 Å². The number of carbonyl (C=O) groups is 1. The molecule has 0 spiro atoms. The maximum absolute atomic E-state index is 13.7. The standard InChI is InChI=1S/C30H30F2N4O2S/c1-20-19-35(21(2)24-16-25(31)18-26(32)17-24)14-15-36(20)30(37)23-9-11-27(12-10-23)34-39(3,38)28-8-4-6-22-7-5-13-33-29(22)28/h4-13,16-18,20-21H,3,14-15,19H2,1-2H3,(H,34,38)/t20-,21?,39?/m0/s1. The van der Waals surface area contributed by atoms with Crippen molar-refractivity contribution in [1.29, 1.82) is 0 Å². The van der Waals surface area contributed by atoms with Gasteiger partial charge in [-0.25, -0.2) is 13.0 Å². The second-order valence-corrected chi connectivity index (χ2v) is 11.9. The maximum atomic E-state index is 13.7. The third-order valence-electron chi connectivity index (χ3n) is 7.20. The minimum Gasteiger partial charge on any atom is -0.333 e. The number of halogens is 2. The fraction of sp³-hybridized carbons (Fsp3) is 0.233. The number of rotatable bonds is 6. The number of hydrogen-bond acceptors (Lipinski definition) is 4. The quantitative estimate of drug-likeness (QED) is 0.322. The molecule has 1 N–H and O–H groups in total. The van der Waals surface area contributed by atoms with Crippen LogP contribution in [0.1, 0.15) is 35.8 Å². The number of piperazine rings is 1. The van der Waals surface area contributed by atoms with E-state index in [1.165, 1.54) is 12.1 Å². The zero-order valence-electron chi connectivity index (χ0n) is 21.8. The summed E-state index contributed by atoms with van der Waals surface area (Å²) >= 11 is 0. The lowest BCUT2D eigenvalue weighted by molar-refractivity contribution is 0.0405. The zero-order valence-corrected chi connectivity index (χ0v) is 22.6. The number of nitrogens with zero attached hydrogens (tertiary/aromatic N) is 3. The van der Waals surface area contributed by atoms with Crippen LogP contribution in [0.2, 0.25) is 0 Å². The molecule has 5 rings (SSSR count). The van der Waals surface area contributed by atoms with Crippen LogP contribution in [-0.2, 0) is 9.71 Å². The number of benzene rings is 3. The Kier molecular flexibility index (Phi) is 7.38. The lowest BCUT2D eigenvalue weighted by Gasteiger charge is -2.42. The van der Waals surface area contributed by atoms with Gasteiger partial charge in [-0.3, -0.25) is 14.7 Å². The number of pyridine rings is 1. The molecule has 3 aromatic carbocycles. The molecular formula is C30H30F2N4O2S. The number of anilines is 1. The van der Waals surface area contributed by atoms with Crippen molar-refractivity contribution in [3.05, 3.63) is 102 Å². The molecule has 202 valence electrons. The second-order valence-electron chi connectivity index (χ2n) is 9.91. The Morgan fingerprint density at radius 1 is 1.05 bits per heavy atom. The average molecular weight is 549 g/mol. The third kappa shape index (κ3) is 5.65. The molecular weight excluding hydrogens is 518 g/mol. The van der Waals surface area contributed by atoms with E-state index in [-0.39, 0.29) is 18.0 Å². The first-order chi connectivity index (χ1) is 18.6. The molecule has 1 aliphatic rings. The van der Waals surface area contributed by atoms with Gasteiger partial charge in [0.2, 0.25) is 0 Å². The Balaban J connectivity index is 1.26. The summed E-state index contributed by atoms with van der Waals surface area (Å²) in [4.78, 5) is 22.2. The molecule has 0 saturated carbocycles. The molecule has 0 aliphatic carbocycles. The molecule has 1 saturated heterocycles. The van der Waals surface area contributed by atoms with E-state index in [1.807, 2.05) is 43.0 Å². The summed E-state index contributed by atoms with van der Waals surface area (Å²) in [5.74, 6) is 2.64. The summed E-state index contributed by atoms with van der Waals surface area (Å²) in [6.07, 6.45) is 1.66. The number of fused-ring (bicyclic) bond motifs is 1. The lowest BCUT2D eigenvalue weighted by Crippen LogP contribution is -2.54. The first kappa shape index (κ1) is 26.8. The van der Waals surface area contributed by atoms with Crippen molar-refractivity contribution in [3.63, 3.8) is 0 Å². The number of nitrogens with one attached hydrogen (secondary N) is 1. The average Bonchev–Trinajstić information content (AvgIpc) is 2.91. The third-order valence-corrected chi connectivity index (χ3v) is 8.81. The topological polar surface area (TPSA) is 65.5 Å². The first-order valence-corrected chi connectivity index (χ1v) is 14.4. The Morgan fingerprint density at radius 3 is 2.44 bits per heavy atom. The van der Waals surface area contributed by atoms with Crippen molar-refractivity contribution in [2.24, 2.45) is 0 Å². The van der Waals surface area contributed by atoms with Crippen LogP contribution >= 0.6 is 0 Å². The Bertz CT molecular complexity index is 1600. The molecule has 39 heavy (non-hydrogen) atoms. The van der Waals surface area contributed by atoms with Gasteiger partial charge in [-0.1, -0.05) is 18.2 Å². The predicted octanol–water partition coefficient (Wildman–Crippen LogP) is 5.52. The zero-order chi connectivity index (χ0) is 27.7. The van der Waals surface area contributed by atoms with Crippen molar-refractivity contribution in [3.8, 4) is 0 Å². The van der Waals surface area contributed by atoms with Gasteiger partial charge in [0.25, 0.3) is 5.91 Å². The molecule has 6 nitrogen and oxygen atoms in total. The molecule has 1 amide bonds. The summed E-state index contributed by atoms with van der Waals surface area (Å²) in [7, 11) is -2.91. The Labute approximate surface area is 227 Å². The highest BCUT2D eigenvalue weighted by atomic mass is 32.2. The van der Waals surface area contributed by atoms with Crippen molar-refractivity contribution >= 4 is 38.1 Å².